The minimum absolute atomic E-state index is 0.211. The molecule has 0 amide bonds. The van der Waals surface area contributed by atoms with E-state index in [1.807, 2.05) is 6.92 Å². The molecule has 0 atom stereocenters. The Kier molecular flexibility index (Phi) is 5.21. The fourth-order valence-electron chi connectivity index (χ4n) is 1.92. The van der Waals surface area contributed by atoms with Gasteiger partial charge in [-0.1, -0.05) is 37.6 Å². The second-order valence-corrected chi connectivity index (χ2v) is 5.70. The number of rotatable bonds is 5. The Morgan fingerprint density at radius 3 is 2.67 bits per heavy atom. The Morgan fingerprint density at radius 1 is 1.19 bits per heavy atom. The third kappa shape index (κ3) is 4.19. The highest BCUT2D eigenvalue weighted by atomic mass is 35.5. The molecule has 0 aliphatic heterocycles. The Morgan fingerprint density at radius 2 is 1.95 bits per heavy atom. The summed E-state index contributed by atoms with van der Waals surface area (Å²) in [4.78, 5) is 0. The van der Waals surface area contributed by atoms with Gasteiger partial charge in [-0.2, -0.15) is 0 Å². The van der Waals surface area contributed by atoms with Crippen LogP contribution in [0.2, 0.25) is 5.02 Å². The van der Waals surface area contributed by atoms with Crippen LogP contribution in [0.4, 0.5) is 4.39 Å². The first-order valence-corrected chi connectivity index (χ1v) is 7.30. The van der Waals surface area contributed by atoms with Crippen molar-refractivity contribution in [1.29, 1.82) is 0 Å². The summed E-state index contributed by atoms with van der Waals surface area (Å²) in [5.41, 5.74) is 1.77. The van der Waals surface area contributed by atoms with Crippen LogP contribution < -0.4 is 10.1 Å². The molecule has 2 aromatic carbocycles. The molecule has 0 aromatic heterocycles. The molecule has 21 heavy (non-hydrogen) atoms. The maximum absolute atomic E-state index is 13.8. The van der Waals surface area contributed by atoms with Gasteiger partial charge in [-0.25, -0.2) is 4.39 Å². The maximum Gasteiger partial charge on any atom is 0.165 e. The van der Waals surface area contributed by atoms with Crippen molar-refractivity contribution in [2.75, 3.05) is 0 Å². The molecular formula is C17H19ClFNO. The van der Waals surface area contributed by atoms with Gasteiger partial charge in [0.1, 0.15) is 5.75 Å². The summed E-state index contributed by atoms with van der Waals surface area (Å²) < 4.78 is 19.6. The zero-order valence-electron chi connectivity index (χ0n) is 12.4. The average Bonchev–Trinajstić information content (AvgIpc) is 2.42. The third-order valence-electron chi connectivity index (χ3n) is 3.07. The van der Waals surface area contributed by atoms with E-state index in [2.05, 4.69) is 19.2 Å². The molecule has 2 aromatic rings. The molecule has 0 unspecified atom stereocenters. The molecule has 1 N–H and O–H groups in total. The summed E-state index contributed by atoms with van der Waals surface area (Å²) >= 11 is 6.24. The van der Waals surface area contributed by atoms with E-state index in [1.165, 1.54) is 6.07 Å². The molecule has 112 valence electrons. The van der Waals surface area contributed by atoms with E-state index in [0.717, 1.165) is 11.1 Å². The molecule has 0 bridgehead atoms. The minimum Gasteiger partial charge on any atom is -0.454 e. The number of ether oxygens (including phenoxy) is 1. The lowest BCUT2D eigenvalue weighted by molar-refractivity contribution is 0.434. The number of nitrogens with one attached hydrogen (secondary N) is 1. The predicted octanol–water partition coefficient (Wildman–Crippen LogP) is 5.08. The number of benzene rings is 2. The number of aryl methyl sites for hydroxylation is 1. The molecule has 0 radical (unpaired) electrons. The van der Waals surface area contributed by atoms with Crippen molar-refractivity contribution < 1.29 is 9.13 Å². The molecule has 0 heterocycles. The first-order chi connectivity index (χ1) is 9.97. The summed E-state index contributed by atoms with van der Waals surface area (Å²) in [6.45, 7) is 6.57. The van der Waals surface area contributed by atoms with Crippen molar-refractivity contribution in [2.45, 2.75) is 33.4 Å². The Bertz CT molecular complexity index is 628. The van der Waals surface area contributed by atoms with Crippen molar-refractivity contribution in [3.63, 3.8) is 0 Å². The normalized spacial score (nSPS) is 11.0. The highest BCUT2D eigenvalue weighted by Gasteiger charge is 2.12. The largest absolute Gasteiger partial charge is 0.454 e. The standard InChI is InChI=1S/C17H19ClFNO/c1-11(2)20-10-13-14(18)5-4-6-16(13)21-17-9-12(3)7-8-15(17)19/h4-9,11,20H,10H2,1-3H3. The number of halogens is 2. The zero-order valence-corrected chi connectivity index (χ0v) is 13.2. The van der Waals surface area contributed by atoms with Gasteiger partial charge in [0, 0.05) is 23.2 Å². The van der Waals surface area contributed by atoms with Crippen LogP contribution in [0.25, 0.3) is 0 Å². The van der Waals surface area contributed by atoms with Gasteiger partial charge in [0.15, 0.2) is 11.6 Å². The molecule has 2 nitrogen and oxygen atoms in total. The van der Waals surface area contributed by atoms with Crippen LogP contribution in [-0.4, -0.2) is 6.04 Å². The van der Waals surface area contributed by atoms with Crippen molar-refractivity contribution in [1.82, 2.24) is 5.32 Å². The van der Waals surface area contributed by atoms with E-state index in [4.69, 9.17) is 16.3 Å². The van der Waals surface area contributed by atoms with Crippen LogP contribution in [0.5, 0.6) is 11.5 Å². The fourth-order valence-corrected chi connectivity index (χ4v) is 2.15. The van der Waals surface area contributed by atoms with Crippen LogP contribution in [0.15, 0.2) is 36.4 Å². The minimum atomic E-state index is -0.386. The highest BCUT2D eigenvalue weighted by Crippen LogP contribution is 2.32. The fraction of sp³-hybridized carbons (Fsp3) is 0.294. The molecule has 0 fully saturated rings. The van der Waals surface area contributed by atoms with Crippen LogP contribution in [0, 0.1) is 12.7 Å². The Labute approximate surface area is 129 Å². The van der Waals surface area contributed by atoms with Crippen molar-refractivity contribution in [3.05, 3.63) is 58.4 Å². The summed E-state index contributed by atoms with van der Waals surface area (Å²) in [6, 6.07) is 10.5. The molecule has 0 spiro atoms. The van der Waals surface area contributed by atoms with E-state index in [0.29, 0.717) is 23.4 Å². The molecule has 4 heteroatoms. The summed E-state index contributed by atoms with van der Waals surface area (Å²) in [6.07, 6.45) is 0. The lowest BCUT2D eigenvalue weighted by Crippen LogP contribution is -2.22. The Hall–Kier alpha value is -1.58. The van der Waals surface area contributed by atoms with E-state index < -0.39 is 0 Å². The van der Waals surface area contributed by atoms with Crippen LogP contribution in [0.3, 0.4) is 0 Å². The molecular weight excluding hydrogens is 289 g/mol. The monoisotopic (exact) mass is 307 g/mol. The van der Waals surface area contributed by atoms with Gasteiger partial charge < -0.3 is 10.1 Å². The van der Waals surface area contributed by atoms with Gasteiger partial charge in [0.2, 0.25) is 0 Å². The zero-order chi connectivity index (χ0) is 15.4. The first-order valence-electron chi connectivity index (χ1n) is 6.92. The lowest BCUT2D eigenvalue weighted by Gasteiger charge is -2.15. The highest BCUT2D eigenvalue weighted by molar-refractivity contribution is 6.31. The molecule has 2 rings (SSSR count). The van der Waals surface area contributed by atoms with Crippen molar-refractivity contribution >= 4 is 11.6 Å². The maximum atomic E-state index is 13.8. The molecule has 0 aliphatic rings. The SMILES string of the molecule is Cc1ccc(F)c(Oc2cccc(Cl)c2CNC(C)C)c1. The van der Waals surface area contributed by atoms with Crippen LogP contribution in [-0.2, 0) is 6.54 Å². The van der Waals surface area contributed by atoms with E-state index >= 15 is 0 Å². The second kappa shape index (κ2) is 6.92. The van der Waals surface area contributed by atoms with Gasteiger partial charge >= 0.3 is 0 Å². The smallest absolute Gasteiger partial charge is 0.165 e. The van der Waals surface area contributed by atoms with Crippen molar-refractivity contribution in [3.8, 4) is 11.5 Å². The van der Waals surface area contributed by atoms with Gasteiger partial charge in [-0.15, -0.1) is 0 Å². The summed E-state index contributed by atoms with van der Waals surface area (Å²) in [7, 11) is 0. The summed E-state index contributed by atoms with van der Waals surface area (Å²) in [5, 5.41) is 3.90. The van der Waals surface area contributed by atoms with Crippen LogP contribution in [0.1, 0.15) is 25.0 Å². The van der Waals surface area contributed by atoms with Crippen LogP contribution >= 0.6 is 11.6 Å². The van der Waals surface area contributed by atoms with Gasteiger partial charge in [0.05, 0.1) is 0 Å². The number of hydrogen-bond donors (Lipinski definition) is 1. The lowest BCUT2D eigenvalue weighted by atomic mass is 10.2. The first kappa shape index (κ1) is 15.8. The topological polar surface area (TPSA) is 21.3 Å². The predicted molar refractivity (Wildman–Crippen MR) is 84.6 cm³/mol. The third-order valence-corrected chi connectivity index (χ3v) is 3.42. The second-order valence-electron chi connectivity index (χ2n) is 5.29. The molecule has 0 saturated heterocycles. The van der Waals surface area contributed by atoms with Gasteiger partial charge in [-0.3, -0.25) is 0 Å². The quantitative estimate of drug-likeness (QED) is 0.832. The average molecular weight is 308 g/mol. The van der Waals surface area contributed by atoms with Crippen molar-refractivity contribution in [2.24, 2.45) is 0 Å². The van der Waals surface area contributed by atoms with E-state index in [1.54, 1.807) is 30.3 Å². The van der Waals surface area contributed by atoms with E-state index in [9.17, 15) is 4.39 Å². The molecule has 0 saturated carbocycles. The molecule has 0 aliphatic carbocycles. The van der Waals surface area contributed by atoms with E-state index in [-0.39, 0.29) is 11.6 Å². The number of hydrogen-bond acceptors (Lipinski definition) is 2. The summed E-state index contributed by atoms with van der Waals surface area (Å²) in [5.74, 6) is 0.395. The van der Waals surface area contributed by atoms with Gasteiger partial charge in [-0.05, 0) is 36.8 Å². The van der Waals surface area contributed by atoms with Gasteiger partial charge in [0.25, 0.3) is 0 Å². The Balaban J connectivity index is 2.31.